The zero-order valence-electron chi connectivity index (χ0n) is 12.8. The molecule has 0 amide bonds. The minimum atomic E-state index is -0.560. The van der Waals surface area contributed by atoms with E-state index in [2.05, 4.69) is 16.2 Å². The van der Waals surface area contributed by atoms with Crippen molar-refractivity contribution in [1.29, 1.82) is 0 Å². The molecular weight excluding hydrogens is 281 g/mol. The van der Waals surface area contributed by atoms with Gasteiger partial charge in [0.25, 0.3) is 0 Å². The molecule has 1 aliphatic rings. The van der Waals surface area contributed by atoms with E-state index in [0.29, 0.717) is 12.5 Å². The molecular formula is C17H22FN3O. The van der Waals surface area contributed by atoms with Crippen molar-refractivity contribution in [2.24, 2.45) is 7.05 Å². The number of likely N-dealkylation sites (tertiary alicyclic amines) is 1. The van der Waals surface area contributed by atoms with Crippen LogP contribution in [0.15, 0.2) is 36.7 Å². The van der Waals surface area contributed by atoms with Gasteiger partial charge in [-0.15, -0.1) is 0 Å². The first-order chi connectivity index (χ1) is 10.6. The lowest BCUT2D eigenvalue weighted by molar-refractivity contribution is 0.0972. The number of nitrogens with zero attached hydrogens (tertiary/aromatic N) is 3. The van der Waals surface area contributed by atoms with Crippen LogP contribution in [0.2, 0.25) is 0 Å². The summed E-state index contributed by atoms with van der Waals surface area (Å²) in [6, 6.07) is 6.10. The molecule has 1 aliphatic heterocycles. The van der Waals surface area contributed by atoms with Crippen molar-refractivity contribution in [3.05, 3.63) is 53.6 Å². The average Bonchev–Trinajstić information content (AvgIpc) is 2.95. The second kappa shape index (κ2) is 6.58. The summed E-state index contributed by atoms with van der Waals surface area (Å²) >= 11 is 0. The summed E-state index contributed by atoms with van der Waals surface area (Å²) in [4.78, 5) is 2.28. The van der Waals surface area contributed by atoms with Crippen LogP contribution in [0.3, 0.4) is 0 Å². The van der Waals surface area contributed by atoms with Gasteiger partial charge in [0.05, 0.1) is 12.3 Å². The summed E-state index contributed by atoms with van der Waals surface area (Å²) in [6.07, 6.45) is 5.65. The van der Waals surface area contributed by atoms with Gasteiger partial charge < -0.3 is 10.0 Å². The number of β-amino-alcohol motifs (C(OH)–C–C–N with tert-alkyl or cyclic N) is 1. The number of piperidine rings is 1. The predicted molar refractivity (Wildman–Crippen MR) is 83.0 cm³/mol. The molecule has 4 nitrogen and oxygen atoms in total. The van der Waals surface area contributed by atoms with Crippen LogP contribution in [0, 0.1) is 5.82 Å². The first-order valence-corrected chi connectivity index (χ1v) is 7.76. The number of aliphatic hydroxyl groups is 1. The lowest BCUT2D eigenvalue weighted by Gasteiger charge is -2.32. The van der Waals surface area contributed by atoms with Gasteiger partial charge in [-0.25, -0.2) is 4.39 Å². The largest absolute Gasteiger partial charge is 0.387 e. The summed E-state index contributed by atoms with van der Waals surface area (Å²) in [5, 5.41) is 14.5. The molecule has 3 rings (SSSR count). The second-order valence-corrected chi connectivity index (χ2v) is 6.09. The number of rotatable bonds is 4. The maximum atomic E-state index is 12.9. The third-order valence-corrected chi connectivity index (χ3v) is 4.47. The molecule has 5 heteroatoms. The van der Waals surface area contributed by atoms with Crippen LogP contribution in [-0.4, -0.2) is 39.4 Å². The van der Waals surface area contributed by atoms with Gasteiger partial charge in [0.1, 0.15) is 5.82 Å². The van der Waals surface area contributed by atoms with Gasteiger partial charge in [0.2, 0.25) is 0 Å². The summed E-state index contributed by atoms with van der Waals surface area (Å²) in [5.74, 6) is 0.293. The third kappa shape index (κ3) is 3.54. The highest BCUT2D eigenvalue weighted by Gasteiger charge is 2.23. The van der Waals surface area contributed by atoms with E-state index in [1.807, 2.05) is 17.9 Å². The quantitative estimate of drug-likeness (QED) is 0.943. The Morgan fingerprint density at radius 1 is 1.27 bits per heavy atom. The molecule has 1 unspecified atom stereocenters. The fourth-order valence-corrected chi connectivity index (χ4v) is 3.13. The van der Waals surface area contributed by atoms with E-state index in [9.17, 15) is 9.50 Å². The first kappa shape index (κ1) is 15.2. The molecule has 0 aliphatic carbocycles. The Kier molecular flexibility index (Phi) is 4.55. The van der Waals surface area contributed by atoms with E-state index in [1.54, 1.807) is 12.1 Å². The minimum Gasteiger partial charge on any atom is -0.387 e. The molecule has 2 aromatic rings. The van der Waals surface area contributed by atoms with Crippen molar-refractivity contribution >= 4 is 0 Å². The fourth-order valence-electron chi connectivity index (χ4n) is 3.13. The van der Waals surface area contributed by atoms with Gasteiger partial charge in [-0.05, 0) is 55.1 Å². The summed E-state index contributed by atoms with van der Waals surface area (Å²) in [7, 11) is 1.94. The summed E-state index contributed by atoms with van der Waals surface area (Å²) in [6.45, 7) is 2.54. The van der Waals surface area contributed by atoms with E-state index in [-0.39, 0.29) is 5.82 Å². The molecule has 0 spiro atoms. The smallest absolute Gasteiger partial charge is 0.123 e. The highest BCUT2D eigenvalue weighted by Crippen LogP contribution is 2.28. The molecule has 1 atom stereocenters. The fraction of sp³-hybridized carbons (Fsp3) is 0.471. The molecule has 1 fully saturated rings. The summed E-state index contributed by atoms with van der Waals surface area (Å²) in [5.41, 5.74) is 2.08. The molecule has 0 radical (unpaired) electrons. The van der Waals surface area contributed by atoms with Gasteiger partial charge in [-0.1, -0.05) is 12.1 Å². The number of benzene rings is 1. The molecule has 1 aromatic heterocycles. The molecule has 118 valence electrons. The van der Waals surface area contributed by atoms with Crippen LogP contribution < -0.4 is 0 Å². The number of aromatic nitrogens is 2. The van der Waals surface area contributed by atoms with Gasteiger partial charge in [-0.2, -0.15) is 5.10 Å². The number of halogens is 1. The van der Waals surface area contributed by atoms with Gasteiger partial charge in [0, 0.05) is 19.8 Å². The molecule has 2 heterocycles. The Balaban J connectivity index is 1.52. The first-order valence-electron chi connectivity index (χ1n) is 7.76. The van der Waals surface area contributed by atoms with Gasteiger partial charge in [0.15, 0.2) is 0 Å². The highest BCUT2D eigenvalue weighted by atomic mass is 19.1. The van der Waals surface area contributed by atoms with E-state index in [0.717, 1.165) is 31.5 Å². The normalized spacial score (nSPS) is 18.5. The topological polar surface area (TPSA) is 41.3 Å². The molecule has 0 bridgehead atoms. The lowest BCUT2D eigenvalue weighted by Crippen LogP contribution is -2.36. The number of hydrogen-bond acceptors (Lipinski definition) is 3. The van der Waals surface area contributed by atoms with Crippen LogP contribution in [0.25, 0.3) is 0 Å². The van der Waals surface area contributed by atoms with Crippen molar-refractivity contribution in [1.82, 2.24) is 14.7 Å². The maximum Gasteiger partial charge on any atom is 0.123 e. The Morgan fingerprint density at radius 2 is 1.95 bits per heavy atom. The molecule has 0 saturated carbocycles. The number of hydrogen-bond donors (Lipinski definition) is 1. The SMILES string of the molecule is Cn1cc(C2CCN(CC(O)c3ccc(F)cc3)CC2)cn1. The predicted octanol–water partition coefficient (Wildman–Crippen LogP) is 2.47. The molecule has 1 saturated heterocycles. The third-order valence-electron chi connectivity index (χ3n) is 4.47. The Bertz CT molecular complexity index is 603. The van der Waals surface area contributed by atoms with Gasteiger partial charge >= 0.3 is 0 Å². The Hall–Kier alpha value is -1.72. The zero-order valence-corrected chi connectivity index (χ0v) is 12.8. The van der Waals surface area contributed by atoms with Crippen molar-refractivity contribution in [2.45, 2.75) is 24.9 Å². The van der Waals surface area contributed by atoms with E-state index in [1.165, 1.54) is 17.7 Å². The van der Waals surface area contributed by atoms with Crippen molar-refractivity contribution in [3.8, 4) is 0 Å². The maximum absolute atomic E-state index is 12.9. The Labute approximate surface area is 130 Å². The standard InChI is InChI=1S/C17H22FN3O/c1-20-11-15(10-19-20)13-6-8-21(9-7-13)12-17(22)14-2-4-16(18)5-3-14/h2-5,10-11,13,17,22H,6-9,12H2,1H3. The van der Waals surface area contributed by atoms with Gasteiger partial charge in [-0.3, -0.25) is 4.68 Å². The average molecular weight is 303 g/mol. The van der Waals surface area contributed by atoms with Crippen molar-refractivity contribution in [3.63, 3.8) is 0 Å². The second-order valence-electron chi connectivity index (χ2n) is 6.09. The van der Waals surface area contributed by atoms with E-state index >= 15 is 0 Å². The monoisotopic (exact) mass is 303 g/mol. The van der Waals surface area contributed by atoms with Crippen LogP contribution in [0.5, 0.6) is 0 Å². The Morgan fingerprint density at radius 3 is 2.55 bits per heavy atom. The highest BCUT2D eigenvalue weighted by molar-refractivity contribution is 5.19. The van der Waals surface area contributed by atoms with E-state index in [4.69, 9.17) is 0 Å². The van der Waals surface area contributed by atoms with Crippen LogP contribution in [0.1, 0.15) is 36.0 Å². The number of aliphatic hydroxyl groups excluding tert-OH is 1. The van der Waals surface area contributed by atoms with E-state index < -0.39 is 6.10 Å². The summed E-state index contributed by atoms with van der Waals surface area (Å²) < 4.78 is 14.8. The molecule has 22 heavy (non-hydrogen) atoms. The van der Waals surface area contributed by atoms with Crippen molar-refractivity contribution < 1.29 is 9.50 Å². The minimum absolute atomic E-state index is 0.270. The van der Waals surface area contributed by atoms with Crippen LogP contribution in [0.4, 0.5) is 4.39 Å². The zero-order chi connectivity index (χ0) is 15.5. The molecule has 1 aromatic carbocycles. The number of aryl methyl sites for hydroxylation is 1. The molecule has 1 N–H and O–H groups in total. The van der Waals surface area contributed by atoms with Crippen LogP contribution in [-0.2, 0) is 7.05 Å². The lowest BCUT2D eigenvalue weighted by atomic mass is 9.91. The van der Waals surface area contributed by atoms with Crippen molar-refractivity contribution in [2.75, 3.05) is 19.6 Å². The van der Waals surface area contributed by atoms with Crippen LogP contribution >= 0.6 is 0 Å².